The molecule has 92 valence electrons. The Labute approximate surface area is 94.0 Å². The SMILES string of the molecule is CCCS(=O)(=O)CCNCCCN(C)C. The summed E-state index contributed by atoms with van der Waals surface area (Å²) in [5.74, 6) is 0.579. The van der Waals surface area contributed by atoms with Gasteiger partial charge in [-0.2, -0.15) is 0 Å². The minimum absolute atomic E-state index is 0.267. The summed E-state index contributed by atoms with van der Waals surface area (Å²) in [4.78, 5) is 2.12. The molecule has 4 nitrogen and oxygen atoms in total. The average Bonchev–Trinajstić information content (AvgIpc) is 2.10. The number of hydrogen-bond donors (Lipinski definition) is 1. The molecule has 0 unspecified atom stereocenters. The van der Waals surface area contributed by atoms with Crippen LogP contribution in [-0.2, 0) is 9.84 Å². The van der Waals surface area contributed by atoms with E-state index in [9.17, 15) is 8.42 Å². The van der Waals surface area contributed by atoms with Gasteiger partial charge in [-0.3, -0.25) is 0 Å². The number of sulfone groups is 1. The predicted octanol–water partition coefficient (Wildman–Crippen LogP) is 0.353. The normalized spacial score (nSPS) is 12.3. The summed E-state index contributed by atoms with van der Waals surface area (Å²) in [6.07, 6.45) is 1.77. The predicted molar refractivity (Wildman–Crippen MR) is 65.0 cm³/mol. The van der Waals surface area contributed by atoms with Crippen molar-refractivity contribution in [3.8, 4) is 0 Å². The fourth-order valence-electron chi connectivity index (χ4n) is 1.29. The summed E-state index contributed by atoms with van der Waals surface area (Å²) in [5, 5.41) is 3.15. The minimum Gasteiger partial charge on any atom is -0.316 e. The van der Waals surface area contributed by atoms with Crippen LogP contribution >= 0.6 is 0 Å². The maximum Gasteiger partial charge on any atom is 0.151 e. The Morgan fingerprint density at radius 2 is 1.80 bits per heavy atom. The van der Waals surface area contributed by atoms with E-state index in [0.29, 0.717) is 18.7 Å². The van der Waals surface area contributed by atoms with Gasteiger partial charge in [0.15, 0.2) is 9.84 Å². The Bertz CT molecular complexity index is 238. The van der Waals surface area contributed by atoms with Gasteiger partial charge in [0.1, 0.15) is 0 Å². The molecule has 0 fully saturated rings. The third kappa shape index (κ3) is 10.2. The maximum absolute atomic E-state index is 11.3. The highest BCUT2D eigenvalue weighted by Gasteiger charge is 2.07. The molecule has 0 spiro atoms. The highest BCUT2D eigenvalue weighted by molar-refractivity contribution is 7.91. The number of rotatable bonds is 9. The van der Waals surface area contributed by atoms with Crippen LogP contribution in [0.5, 0.6) is 0 Å². The van der Waals surface area contributed by atoms with Crippen molar-refractivity contribution in [1.29, 1.82) is 0 Å². The molecule has 0 atom stereocenters. The van der Waals surface area contributed by atoms with Crippen LogP contribution in [0.2, 0.25) is 0 Å². The van der Waals surface area contributed by atoms with Gasteiger partial charge in [0, 0.05) is 12.3 Å². The third-order valence-electron chi connectivity index (χ3n) is 2.06. The highest BCUT2D eigenvalue weighted by Crippen LogP contribution is 1.92. The zero-order valence-corrected chi connectivity index (χ0v) is 10.9. The Balaban J connectivity index is 3.38. The summed E-state index contributed by atoms with van der Waals surface area (Å²) in [5.41, 5.74) is 0. The first-order valence-electron chi connectivity index (χ1n) is 5.54. The van der Waals surface area contributed by atoms with Crippen LogP contribution in [0.4, 0.5) is 0 Å². The molecule has 0 amide bonds. The number of nitrogens with zero attached hydrogens (tertiary/aromatic N) is 1. The van der Waals surface area contributed by atoms with E-state index in [2.05, 4.69) is 10.2 Å². The Kier molecular flexibility index (Phi) is 8.00. The van der Waals surface area contributed by atoms with E-state index in [1.165, 1.54) is 0 Å². The summed E-state index contributed by atoms with van der Waals surface area (Å²) >= 11 is 0. The van der Waals surface area contributed by atoms with Gasteiger partial charge in [0.25, 0.3) is 0 Å². The second-order valence-corrected chi connectivity index (χ2v) is 6.36. The van der Waals surface area contributed by atoms with Gasteiger partial charge in [-0.05, 0) is 40.0 Å². The molecule has 0 rings (SSSR count). The molecule has 0 aromatic heterocycles. The Morgan fingerprint density at radius 1 is 1.13 bits per heavy atom. The lowest BCUT2D eigenvalue weighted by Gasteiger charge is -2.09. The van der Waals surface area contributed by atoms with Crippen LogP contribution in [-0.4, -0.2) is 58.6 Å². The fourth-order valence-corrected chi connectivity index (χ4v) is 2.57. The second kappa shape index (κ2) is 8.07. The van der Waals surface area contributed by atoms with Crippen molar-refractivity contribution in [1.82, 2.24) is 10.2 Å². The van der Waals surface area contributed by atoms with Crippen molar-refractivity contribution >= 4 is 9.84 Å². The van der Waals surface area contributed by atoms with Crippen molar-refractivity contribution in [3.05, 3.63) is 0 Å². The average molecular weight is 236 g/mol. The van der Waals surface area contributed by atoms with Crippen LogP contribution < -0.4 is 5.32 Å². The van der Waals surface area contributed by atoms with E-state index in [1.807, 2.05) is 21.0 Å². The van der Waals surface area contributed by atoms with Crippen molar-refractivity contribution in [2.75, 3.05) is 45.2 Å². The Morgan fingerprint density at radius 3 is 2.33 bits per heavy atom. The minimum atomic E-state index is -2.81. The van der Waals surface area contributed by atoms with Crippen molar-refractivity contribution < 1.29 is 8.42 Å². The van der Waals surface area contributed by atoms with Gasteiger partial charge >= 0.3 is 0 Å². The molecule has 0 aromatic carbocycles. The maximum atomic E-state index is 11.3. The first kappa shape index (κ1) is 14.9. The van der Waals surface area contributed by atoms with Crippen molar-refractivity contribution in [2.24, 2.45) is 0 Å². The lowest BCUT2D eigenvalue weighted by Crippen LogP contribution is -2.27. The van der Waals surface area contributed by atoms with E-state index < -0.39 is 9.84 Å². The lowest BCUT2D eigenvalue weighted by atomic mass is 10.4. The van der Waals surface area contributed by atoms with E-state index in [4.69, 9.17) is 0 Å². The van der Waals surface area contributed by atoms with Crippen molar-refractivity contribution in [3.63, 3.8) is 0 Å². The molecule has 15 heavy (non-hydrogen) atoms. The number of nitrogens with one attached hydrogen (secondary N) is 1. The first-order chi connectivity index (χ1) is 6.98. The van der Waals surface area contributed by atoms with Crippen LogP contribution in [0, 0.1) is 0 Å². The van der Waals surface area contributed by atoms with Gasteiger partial charge in [-0.15, -0.1) is 0 Å². The molecule has 0 aliphatic heterocycles. The molecule has 0 aliphatic carbocycles. The molecule has 0 heterocycles. The smallest absolute Gasteiger partial charge is 0.151 e. The van der Waals surface area contributed by atoms with Crippen LogP contribution in [0.15, 0.2) is 0 Å². The fraction of sp³-hybridized carbons (Fsp3) is 1.00. The standard InChI is InChI=1S/C10H24N2O2S/c1-4-9-15(13,14)10-7-11-6-5-8-12(2)3/h11H,4-10H2,1-3H3. The summed E-state index contributed by atoms with van der Waals surface area (Å²) < 4.78 is 22.6. The lowest BCUT2D eigenvalue weighted by molar-refractivity contribution is 0.395. The van der Waals surface area contributed by atoms with E-state index in [1.54, 1.807) is 0 Å². The van der Waals surface area contributed by atoms with Crippen LogP contribution in [0.1, 0.15) is 19.8 Å². The van der Waals surface area contributed by atoms with Gasteiger partial charge < -0.3 is 10.2 Å². The number of hydrogen-bond acceptors (Lipinski definition) is 4. The quantitative estimate of drug-likeness (QED) is 0.587. The molecule has 0 aliphatic rings. The van der Waals surface area contributed by atoms with Gasteiger partial charge in [0.2, 0.25) is 0 Å². The zero-order chi connectivity index (χ0) is 11.7. The molecular weight excluding hydrogens is 212 g/mol. The van der Waals surface area contributed by atoms with Crippen LogP contribution in [0.25, 0.3) is 0 Å². The molecule has 0 saturated heterocycles. The summed E-state index contributed by atoms with van der Waals surface area (Å²) in [6.45, 7) is 4.40. The molecule has 0 aromatic rings. The molecule has 0 radical (unpaired) electrons. The molecule has 1 N–H and O–H groups in total. The summed E-state index contributed by atoms with van der Waals surface area (Å²) in [6, 6.07) is 0. The molecule has 5 heteroatoms. The first-order valence-corrected chi connectivity index (χ1v) is 7.36. The van der Waals surface area contributed by atoms with E-state index >= 15 is 0 Å². The van der Waals surface area contributed by atoms with Gasteiger partial charge in [-0.1, -0.05) is 6.92 Å². The van der Waals surface area contributed by atoms with E-state index in [0.717, 1.165) is 19.5 Å². The topological polar surface area (TPSA) is 49.4 Å². The molecule has 0 saturated carbocycles. The Hall–Kier alpha value is -0.130. The van der Waals surface area contributed by atoms with Crippen molar-refractivity contribution in [2.45, 2.75) is 19.8 Å². The third-order valence-corrected chi connectivity index (χ3v) is 3.92. The molecule has 0 bridgehead atoms. The van der Waals surface area contributed by atoms with Gasteiger partial charge in [-0.25, -0.2) is 8.42 Å². The highest BCUT2D eigenvalue weighted by atomic mass is 32.2. The van der Waals surface area contributed by atoms with Gasteiger partial charge in [0.05, 0.1) is 5.75 Å². The van der Waals surface area contributed by atoms with E-state index in [-0.39, 0.29) is 5.75 Å². The second-order valence-electron chi connectivity index (χ2n) is 4.06. The summed E-state index contributed by atoms with van der Waals surface area (Å²) in [7, 11) is 1.26. The van der Waals surface area contributed by atoms with Crippen LogP contribution in [0.3, 0.4) is 0 Å². The zero-order valence-electron chi connectivity index (χ0n) is 10.1. The monoisotopic (exact) mass is 236 g/mol. The molecular formula is C10H24N2O2S. The largest absolute Gasteiger partial charge is 0.316 e.